The Morgan fingerprint density at radius 2 is 2.31 bits per heavy atom. The lowest BCUT2D eigenvalue weighted by Gasteiger charge is -1.91. The van der Waals surface area contributed by atoms with E-state index >= 15 is 0 Å². The van der Waals surface area contributed by atoms with E-state index in [0.29, 0.717) is 6.61 Å². The molecule has 0 saturated heterocycles. The van der Waals surface area contributed by atoms with Gasteiger partial charge in [0.15, 0.2) is 0 Å². The third kappa shape index (κ3) is 1.38. The Morgan fingerprint density at radius 3 is 3.00 bits per heavy atom. The topological polar surface area (TPSA) is 48.4 Å². The van der Waals surface area contributed by atoms with Crippen LogP contribution in [0.1, 0.15) is 5.76 Å². The number of hydrogen-bond acceptors (Lipinski definition) is 3. The van der Waals surface area contributed by atoms with Crippen molar-refractivity contribution in [3.8, 4) is 0 Å². The highest BCUT2D eigenvalue weighted by atomic mass is 16.5. The molecule has 0 amide bonds. The Kier molecular flexibility index (Phi) is 1.94. The van der Waals surface area contributed by atoms with Crippen LogP contribution in [0.2, 0.25) is 0 Å². The van der Waals surface area contributed by atoms with Crippen molar-refractivity contribution in [2.24, 2.45) is 0 Å². The number of fused-ring (bicyclic) bond motifs is 1. The molecule has 68 valence electrons. The van der Waals surface area contributed by atoms with Crippen molar-refractivity contribution in [1.29, 1.82) is 0 Å². The maximum absolute atomic E-state index is 5.76. The van der Waals surface area contributed by atoms with Gasteiger partial charge in [-0.3, -0.25) is 0 Å². The van der Waals surface area contributed by atoms with Crippen LogP contribution >= 0.6 is 0 Å². The smallest absolute Gasteiger partial charge is 0.136 e. The molecule has 0 atom stereocenters. The first kappa shape index (κ1) is 8.13. The average molecular weight is 177 g/mol. The molecule has 1 aromatic heterocycles. The second kappa shape index (κ2) is 3.11. The summed E-state index contributed by atoms with van der Waals surface area (Å²) in [4.78, 5) is 0. The summed E-state index contributed by atoms with van der Waals surface area (Å²) in [5, 5.41) is 0.953. The number of nitrogen functional groups attached to an aromatic ring is 1. The molecule has 0 bridgehead atoms. The van der Waals surface area contributed by atoms with E-state index in [4.69, 9.17) is 14.9 Å². The molecule has 2 aromatic rings. The molecule has 3 heteroatoms. The maximum Gasteiger partial charge on any atom is 0.136 e. The van der Waals surface area contributed by atoms with Crippen LogP contribution < -0.4 is 5.73 Å². The third-order valence-corrected chi connectivity index (χ3v) is 1.93. The normalized spacial score (nSPS) is 10.8. The van der Waals surface area contributed by atoms with E-state index < -0.39 is 0 Å². The summed E-state index contributed by atoms with van der Waals surface area (Å²) in [6.45, 7) is 0.480. The van der Waals surface area contributed by atoms with Crippen LogP contribution in [0.25, 0.3) is 11.0 Å². The molecular formula is C10H11NO2. The molecule has 1 aromatic carbocycles. The molecule has 0 radical (unpaired) electrons. The first-order valence-electron chi connectivity index (χ1n) is 4.07. The molecule has 2 N–H and O–H groups in total. The number of hydrogen-bond donors (Lipinski definition) is 1. The lowest BCUT2D eigenvalue weighted by Crippen LogP contribution is -1.83. The number of rotatable bonds is 2. The number of ether oxygens (including phenoxy) is 1. The van der Waals surface area contributed by atoms with Gasteiger partial charge in [0.25, 0.3) is 0 Å². The van der Waals surface area contributed by atoms with Crippen LogP contribution in [0.4, 0.5) is 5.69 Å². The molecular weight excluding hydrogens is 166 g/mol. The van der Waals surface area contributed by atoms with Gasteiger partial charge in [0, 0.05) is 18.2 Å². The molecule has 1 heterocycles. The van der Waals surface area contributed by atoms with Crippen molar-refractivity contribution in [1.82, 2.24) is 0 Å². The van der Waals surface area contributed by atoms with E-state index in [2.05, 4.69) is 0 Å². The van der Waals surface area contributed by atoms with Gasteiger partial charge >= 0.3 is 0 Å². The lowest BCUT2D eigenvalue weighted by molar-refractivity contribution is 0.166. The monoisotopic (exact) mass is 177 g/mol. The standard InChI is InChI=1S/C10H11NO2/c1-12-6-7-5-8-9(11)3-2-4-10(8)13-7/h2-5H,6,11H2,1H3. The molecule has 2 rings (SSSR count). The van der Waals surface area contributed by atoms with Crippen molar-refractivity contribution < 1.29 is 9.15 Å². The number of furan rings is 1. The minimum absolute atomic E-state index is 0.480. The molecule has 0 aliphatic rings. The summed E-state index contributed by atoms with van der Waals surface area (Å²) in [7, 11) is 1.64. The third-order valence-electron chi connectivity index (χ3n) is 1.93. The minimum atomic E-state index is 0.480. The molecule has 0 unspecified atom stereocenters. The molecule has 0 spiro atoms. The van der Waals surface area contributed by atoms with E-state index in [1.165, 1.54) is 0 Å². The van der Waals surface area contributed by atoms with E-state index in [1.807, 2.05) is 24.3 Å². The average Bonchev–Trinajstić information content (AvgIpc) is 2.49. The summed E-state index contributed by atoms with van der Waals surface area (Å²) in [6.07, 6.45) is 0. The predicted octanol–water partition coefficient (Wildman–Crippen LogP) is 2.16. The Balaban J connectivity index is 2.55. The zero-order valence-electron chi connectivity index (χ0n) is 7.41. The number of methoxy groups -OCH3 is 1. The van der Waals surface area contributed by atoms with Gasteiger partial charge < -0.3 is 14.9 Å². The fourth-order valence-corrected chi connectivity index (χ4v) is 1.35. The first-order valence-corrected chi connectivity index (χ1v) is 4.07. The van der Waals surface area contributed by atoms with E-state index in [1.54, 1.807) is 7.11 Å². The van der Waals surface area contributed by atoms with Gasteiger partial charge in [-0.1, -0.05) is 6.07 Å². The van der Waals surface area contributed by atoms with Gasteiger partial charge in [-0.05, 0) is 18.2 Å². The number of nitrogens with two attached hydrogens (primary N) is 1. The quantitative estimate of drug-likeness (QED) is 0.715. The van der Waals surface area contributed by atoms with Crippen molar-refractivity contribution >= 4 is 16.7 Å². The van der Waals surface area contributed by atoms with Crippen LogP contribution in [0.5, 0.6) is 0 Å². The van der Waals surface area contributed by atoms with Crippen molar-refractivity contribution in [3.05, 3.63) is 30.0 Å². The fraction of sp³-hybridized carbons (Fsp3) is 0.200. The molecule has 13 heavy (non-hydrogen) atoms. The molecule has 3 nitrogen and oxygen atoms in total. The van der Waals surface area contributed by atoms with Crippen LogP contribution in [-0.2, 0) is 11.3 Å². The summed E-state index contributed by atoms with van der Waals surface area (Å²) in [5.74, 6) is 0.801. The molecule has 0 fully saturated rings. The minimum Gasteiger partial charge on any atom is -0.459 e. The summed E-state index contributed by atoms with van der Waals surface area (Å²) in [6, 6.07) is 7.53. The second-order valence-electron chi connectivity index (χ2n) is 2.90. The Morgan fingerprint density at radius 1 is 1.46 bits per heavy atom. The highest BCUT2D eigenvalue weighted by molar-refractivity contribution is 5.89. The van der Waals surface area contributed by atoms with E-state index in [-0.39, 0.29) is 0 Å². The van der Waals surface area contributed by atoms with Gasteiger partial charge in [0.05, 0.1) is 0 Å². The predicted molar refractivity (Wildman–Crippen MR) is 51.3 cm³/mol. The van der Waals surface area contributed by atoms with Crippen LogP contribution in [0.3, 0.4) is 0 Å². The Bertz CT molecular complexity index is 420. The van der Waals surface area contributed by atoms with Crippen molar-refractivity contribution in [3.63, 3.8) is 0 Å². The summed E-state index contributed by atoms with van der Waals surface area (Å²) in [5.41, 5.74) is 7.32. The summed E-state index contributed by atoms with van der Waals surface area (Å²) >= 11 is 0. The molecule has 0 aliphatic heterocycles. The van der Waals surface area contributed by atoms with E-state index in [0.717, 1.165) is 22.4 Å². The number of anilines is 1. The molecule has 0 saturated carbocycles. The number of benzene rings is 1. The largest absolute Gasteiger partial charge is 0.459 e. The second-order valence-corrected chi connectivity index (χ2v) is 2.90. The first-order chi connectivity index (χ1) is 6.31. The van der Waals surface area contributed by atoms with Crippen molar-refractivity contribution in [2.45, 2.75) is 6.61 Å². The SMILES string of the molecule is COCc1cc2c(N)cccc2o1. The van der Waals surface area contributed by atoms with Gasteiger partial charge in [0.2, 0.25) is 0 Å². The fourth-order valence-electron chi connectivity index (χ4n) is 1.35. The van der Waals surface area contributed by atoms with Crippen LogP contribution in [-0.4, -0.2) is 7.11 Å². The van der Waals surface area contributed by atoms with Gasteiger partial charge in [0.1, 0.15) is 18.0 Å². The Hall–Kier alpha value is -1.48. The highest BCUT2D eigenvalue weighted by Gasteiger charge is 2.04. The molecule has 0 aliphatic carbocycles. The van der Waals surface area contributed by atoms with Crippen LogP contribution in [0, 0.1) is 0 Å². The maximum atomic E-state index is 5.76. The zero-order valence-corrected chi connectivity index (χ0v) is 7.41. The van der Waals surface area contributed by atoms with Gasteiger partial charge in [-0.25, -0.2) is 0 Å². The van der Waals surface area contributed by atoms with Crippen molar-refractivity contribution in [2.75, 3.05) is 12.8 Å². The lowest BCUT2D eigenvalue weighted by atomic mass is 10.2. The van der Waals surface area contributed by atoms with E-state index in [9.17, 15) is 0 Å². The Labute approximate surface area is 76.1 Å². The van der Waals surface area contributed by atoms with Crippen LogP contribution in [0.15, 0.2) is 28.7 Å². The highest BCUT2D eigenvalue weighted by Crippen LogP contribution is 2.24. The van der Waals surface area contributed by atoms with Gasteiger partial charge in [-0.2, -0.15) is 0 Å². The van der Waals surface area contributed by atoms with Gasteiger partial charge in [-0.15, -0.1) is 0 Å². The summed E-state index contributed by atoms with van der Waals surface area (Å²) < 4.78 is 10.4. The zero-order chi connectivity index (χ0) is 9.26.